The van der Waals surface area contributed by atoms with Gasteiger partial charge in [-0.25, -0.2) is 8.42 Å². The number of rotatable bonds is 6. The summed E-state index contributed by atoms with van der Waals surface area (Å²) in [6, 6.07) is 14.7. The molecule has 6 heteroatoms. The van der Waals surface area contributed by atoms with E-state index in [1.54, 1.807) is 47.4 Å². The summed E-state index contributed by atoms with van der Waals surface area (Å²) in [5.74, 6) is -0.193. The van der Waals surface area contributed by atoms with Crippen LogP contribution in [0.5, 0.6) is 0 Å². The summed E-state index contributed by atoms with van der Waals surface area (Å²) in [7, 11) is -3.73. The van der Waals surface area contributed by atoms with Crippen molar-refractivity contribution in [2.24, 2.45) is 0 Å². The number of sulfonamides is 1. The van der Waals surface area contributed by atoms with Gasteiger partial charge in [0.25, 0.3) is 15.9 Å². The van der Waals surface area contributed by atoms with E-state index in [0.29, 0.717) is 18.7 Å². The predicted octanol–water partition coefficient (Wildman–Crippen LogP) is 2.97. The van der Waals surface area contributed by atoms with E-state index in [0.717, 1.165) is 0 Å². The van der Waals surface area contributed by atoms with Crippen molar-refractivity contribution < 1.29 is 13.2 Å². The van der Waals surface area contributed by atoms with Gasteiger partial charge in [-0.05, 0) is 38.1 Å². The molecule has 1 N–H and O–H groups in total. The lowest BCUT2D eigenvalue weighted by molar-refractivity contribution is 0.0774. The summed E-state index contributed by atoms with van der Waals surface area (Å²) >= 11 is 0. The normalized spacial score (nSPS) is 11.0. The Morgan fingerprint density at radius 2 is 1.52 bits per heavy atom. The Kier molecular flexibility index (Phi) is 5.39. The summed E-state index contributed by atoms with van der Waals surface area (Å²) in [6.07, 6.45) is 0. The first kappa shape index (κ1) is 17.0. The van der Waals surface area contributed by atoms with Crippen LogP contribution in [0.15, 0.2) is 59.5 Å². The molecule has 0 heterocycles. The molecule has 23 heavy (non-hydrogen) atoms. The molecule has 5 nitrogen and oxygen atoms in total. The fraction of sp³-hybridized carbons (Fsp3) is 0.235. The molecule has 0 aliphatic rings. The summed E-state index contributed by atoms with van der Waals surface area (Å²) in [5.41, 5.74) is 0.629. The molecule has 0 saturated carbocycles. The van der Waals surface area contributed by atoms with Gasteiger partial charge in [0.15, 0.2) is 0 Å². The average molecular weight is 332 g/mol. The molecular formula is C17H20N2O3S. The van der Waals surface area contributed by atoms with E-state index in [9.17, 15) is 13.2 Å². The molecule has 0 aliphatic heterocycles. The molecule has 0 unspecified atom stereocenters. The molecule has 2 aromatic carbocycles. The highest BCUT2D eigenvalue weighted by molar-refractivity contribution is 7.92. The van der Waals surface area contributed by atoms with E-state index in [1.807, 2.05) is 13.8 Å². The van der Waals surface area contributed by atoms with Crippen molar-refractivity contribution in [2.75, 3.05) is 17.8 Å². The summed E-state index contributed by atoms with van der Waals surface area (Å²) in [4.78, 5) is 14.3. The van der Waals surface area contributed by atoms with E-state index < -0.39 is 10.0 Å². The number of carbonyl (C=O) groups excluding carboxylic acids is 1. The quantitative estimate of drug-likeness (QED) is 0.884. The molecule has 2 aromatic rings. The molecule has 0 fully saturated rings. The molecule has 122 valence electrons. The summed E-state index contributed by atoms with van der Waals surface area (Å²) < 4.78 is 27.4. The lowest BCUT2D eigenvalue weighted by Gasteiger charge is -2.20. The predicted molar refractivity (Wildman–Crippen MR) is 90.9 cm³/mol. The Hall–Kier alpha value is -2.34. The summed E-state index contributed by atoms with van der Waals surface area (Å²) in [5, 5.41) is 0. The van der Waals surface area contributed by atoms with Gasteiger partial charge in [0.05, 0.1) is 16.1 Å². The number of para-hydroxylation sites is 1. The van der Waals surface area contributed by atoms with E-state index in [-0.39, 0.29) is 16.5 Å². The third-order valence-corrected chi connectivity index (χ3v) is 4.89. The zero-order chi connectivity index (χ0) is 16.9. The SMILES string of the molecule is CCN(CC)C(=O)c1ccccc1NS(=O)(=O)c1ccccc1. The smallest absolute Gasteiger partial charge is 0.261 e. The van der Waals surface area contributed by atoms with Gasteiger partial charge in [0, 0.05) is 13.1 Å². The van der Waals surface area contributed by atoms with Gasteiger partial charge in [-0.1, -0.05) is 30.3 Å². The van der Waals surface area contributed by atoms with Crippen LogP contribution in [0, 0.1) is 0 Å². The molecule has 0 radical (unpaired) electrons. The Morgan fingerprint density at radius 3 is 2.13 bits per heavy atom. The van der Waals surface area contributed by atoms with E-state index in [1.165, 1.54) is 12.1 Å². The second-order valence-corrected chi connectivity index (χ2v) is 6.62. The molecule has 0 bridgehead atoms. The number of hydrogen-bond acceptors (Lipinski definition) is 3. The topological polar surface area (TPSA) is 66.5 Å². The zero-order valence-electron chi connectivity index (χ0n) is 13.2. The van der Waals surface area contributed by atoms with Crippen LogP contribution in [0.3, 0.4) is 0 Å². The van der Waals surface area contributed by atoms with Crippen molar-refractivity contribution in [2.45, 2.75) is 18.7 Å². The Balaban J connectivity index is 2.37. The van der Waals surface area contributed by atoms with Crippen molar-refractivity contribution in [3.8, 4) is 0 Å². The minimum atomic E-state index is -3.73. The highest BCUT2D eigenvalue weighted by atomic mass is 32.2. The standard InChI is InChI=1S/C17H20N2O3S/c1-3-19(4-2)17(20)15-12-8-9-13-16(15)18-23(21,22)14-10-6-5-7-11-14/h5-13,18H,3-4H2,1-2H3. The van der Waals surface area contributed by atoms with Gasteiger partial charge in [0.2, 0.25) is 0 Å². The third-order valence-electron chi connectivity index (χ3n) is 3.51. The summed E-state index contributed by atoms with van der Waals surface area (Å²) in [6.45, 7) is 4.90. The molecular weight excluding hydrogens is 312 g/mol. The van der Waals surface area contributed by atoms with Crippen LogP contribution >= 0.6 is 0 Å². The van der Waals surface area contributed by atoms with Crippen LogP contribution in [0.25, 0.3) is 0 Å². The van der Waals surface area contributed by atoms with Gasteiger partial charge < -0.3 is 4.90 Å². The van der Waals surface area contributed by atoms with Crippen LogP contribution in [-0.2, 0) is 10.0 Å². The lowest BCUT2D eigenvalue weighted by Crippen LogP contribution is -2.31. The molecule has 2 rings (SSSR count). The van der Waals surface area contributed by atoms with Crippen LogP contribution < -0.4 is 4.72 Å². The van der Waals surface area contributed by atoms with Crippen molar-refractivity contribution in [3.05, 3.63) is 60.2 Å². The van der Waals surface area contributed by atoms with Gasteiger partial charge in [-0.15, -0.1) is 0 Å². The Morgan fingerprint density at radius 1 is 0.957 bits per heavy atom. The Bertz CT molecular complexity index is 769. The number of nitrogens with zero attached hydrogens (tertiary/aromatic N) is 1. The van der Waals surface area contributed by atoms with Crippen LogP contribution in [0.4, 0.5) is 5.69 Å². The van der Waals surface area contributed by atoms with Gasteiger partial charge >= 0.3 is 0 Å². The van der Waals surface area contributed by atoms with Crippen molar-refractivity contribution >= 4 is 21.6 Å². The van der Waals surface area contributed by atoms with E-state index >= 15 is 0 Å². The second-order valence-electron chi connectivity index (χ2n) is 4.94. The fourth-order valence-electron chi connectivity index (χ4n) is 2.24. The van der Waals surface area contributed by atoms with Crippen LogP contribution in [0.2, 0.25) is 0 Å². The van der Waals surface area contributed by atoms with Crippen molar-refractivity contribution in [1.29, 1.82) is 0 Å². The largest absolute Gasteiger partial charge is 0.339 e. The van der Waals surface area contributed by atoms with Gasteiger partial charge in [-0.3, -0.25) is 9.52 Å². The number of amides is 1. The average Bonchev–Trinajstić information content (AvgIpc) is 2.57. The molecule has 1 amide bonds. The lowest BCUT2D eigenvalue weighted by atomic mass is 10.1. The van der Waals surface area contributed by atoms with Crippen molar-refractivity contribution in [1.82, 2.24) is 4.90 Å². The highest BCUT2D eigenvalue weighted by Crippen LogP contribution is 2.21. The number of benzene rings is 2. The van der Waals surface area contributed by atoms with Crippen LogP contribution in [-0.4, -0.2) is 32.3 Å². The zero-order valence-corrected chi connectivity index (χ0v) is 14.0. The second kappa shape index (κ2) is 7.28. The number of anilines is 1. The molecule has 0 saturated heterocycles. The van der Waals surface area contributed by atoms with Crippen LogP contribution in [0.1, 0.15) is 24.2 Å². The van der Waals surface area contributed by atoms with E-state index in [2.05, 4.69) is 4.72 Å². The molecule has 0 aliphatic carbocycles. The fourth-order valence-corrected chi connectivity index (χ4v) is 3.34. The number of hydrogen-bond donors (Lipinski definition) is 1. The molecule has 0 aromatic heterocycles. The highest BCUT2D eigenvalue weighted by Gasteiger charge is 2.20. The monoisotopic (exact) mass is 332 g/mol. The molecule has 0 spiro atoms. The van der Waals surface area contributed by atoms with E-state index in [4.69, 9.17) is 0 Å². The number of nitrogens with one attached hydrogen (secondary N) is 1. The van der Waals surface area contributed by atoms with Gasteiger partial charge in [-0.2, -0.15) is 0 Å². The minimum Gasteiger partial charge on any atom is -0.339 e. The maximum atomic E-state index is 12.5. The maximum Gasteiger partial charge on any atom is 0.261 e. The third kappa shape index (κ3) is 3.90. The van der Waals surface area contributed by atoms with Crippen molar-refractivity contribution in [3.63, 3.8) is 0 Å². The minimum absolute atomic E-state index is 0.157. The number of carbonyl (C=O) groups is 1. The first-order chi connectivity index (χ1) is 11.0. The molecule has 0 atom stereocenters. The first-order valence-electron chi connectivity index (χ1n) is 7.45. The maximum absolute atomic E-state index is 12.5. The van der Waals surface area contributed by atoms with Gasteiger partial charge in [0.1, 0.15) is 0 Å². The first-order valence-corrected chi connectivity index (χ1v) is 8.94. The Labute approximate surface area is 137 Å².